The number of hydrogen-bond donors (Lipinski definition) is 0. The molecule has 0 spiro atoms. The molecule has 1 aromatic heterocycles. The number of hydrogen-bond acceptors (Lipinski definition) is 7. The van der Waals surface area contributed by atoms with Crippen molar-refractivity contribution in [1.29, 1.82) is 0 Å². The second kappa shape index (κ2) is 8.26. The number of methoxy groups -OCH3 is 1. The van der Waals surface area contributed by atoms with Crippen molar-refractivity contribution in [1.82, 2.24) is 14.9 Å². The van der Waals surface area contributed by atoms with Crippen LogP contribution in [0.25, 0.3) is 0 Å². The molecule has 0 saturated heterocycles. The summed E-state index contributed by atoms with van der Waals surface area (Å²) in [5, 5.41) is 0.374. The predicted molar refractivity (Wildman–Crippen MR) is 87.6 cm³/mol. The fraction of sp³-hybridized carbons (Fsp3) is 0.600. The fourth-order valence-electron chi connectivity index (χ4n) is 1.32. The van der Waals surface area contributed by atoms with Crippen LogP contribution in [0.2, 0.25) is 0 Å². The van der Waals surface area contributed by atoms with E-state index in [4.69, 9.17) is 9.47 Å². The normalized spacial score (nSPS) is 11.2. The van der Waals surface area contributed by atoms with Gasteiger partial charge in [-0.3, -0.25) is 4.79 Å². The first-order valence-electron chi connectivity index (χ1n) is 7.05. The largest absolute Gasteiger partial charge is 0.416 e. The van der Waals surface area contributed by atoms with Crippen molar-refractivity contribution in [3.8, 4) is 5.88 Å². The highest BCUT2D eigenvalue weighted by molar-refractivity contribution is 7.99. The molecule has 0 saturated carbocycles. The first kappa shape index (κ1) is 19.4. The monoisotopic (exact) mass is 341 g/mol. The van der Waals surface area contributed by atoms with Gasteiger partial charge in [-0.2, -0.15) is 4.98 Å². The Balaban J connectivity index is 2.91. The van der Waals surface area contributed by atoms with E-state index in [0.717, 1.165) is 0 Å². The molecule has 23 heavy (non-hydrogen) atoms. The van der Waals surface area contributed by atoms with Gasteiger partial charge in [-0.05, 0) is 0 Å². The Labute approximate surface area is 140 Å². The highest BCUT2D eigenvalue weighted by Gasteiger charge is 2.22. The third kappa shape index (κ3) is 6.54. The maximum absolute atomic E-state index is 12.0. The van der Waals surface area contributed by atoms with Gasteiger partial charge in [-0.1, -0.05) is 32.5 Å². The Bertz CT molecular complexity index is 570. The predicted octanol–water partition coefficient (Wildman–Crippen LogP) is 2.39. The molecule has 1 amide bonds. The standard InChI is InChI=1S/C15H23N3O4S/c1-15(2,3)11(19)9-23-13-16-10(8-21-6)7-12(17-13)22-14(20)18(4)5/h7H,8-9H2,1-6H3. The average Bonchev–Trinajstić information content (AvgIpc) is 2.43. The van der Waals surface area contributed by atoms with Crippen LogP contribution in [0.3, 0.4) is 0 Å². The summed E-state index contributed by atoms with van der Waals surface area (Å²) < 4.78 is 10.2. The van der Waals surface area contributed by atoms with Crippen molar-refractivity contribution in [2.75, 3.05) is 27.0 Å². The summed E-state index contributed by atoms with van der Waals surface area (Å²) >= 11 is 1.21. The van der Waals surface area contributed by atoms with Crippen molar-refractivity contribution in [2.45, 2.75) is 32.5 Å². The van der Waals surface area contributed by atoms with E-state index >= 15 is 0 Å². The van der Waals surface area contributed by atoms with Crippen molar-refractivity contribution >= 4 is 23.6 Å². The zero-order valence-corrected chi connectivity index (χ0v) is 15.2. The third-order valence-corrected chi connectivity index (χ3v) is 3.60. The van der Waals surface area contributed by atoms with Crippen LogP contribution in [-0.4, -0.2) is 53.7 Å². The molecule has 0 unspecified atom stereocenters. The number of amides is 1. The lowest BCUT2D eigenvalue weighted by molar-refractivity contribution is -0.123. The molecule has 1 heterocycles. The summed E-state index contributed by atoms with van der Waals surface area (Å²) in [7, 11) is 4.71. The van der Waals surface area contributed by atoms with Crippen LogP contribution < -0.4 is 4.74 Å². The van der Waals surface area contributed by atoms with Crippen LogP contribution in [0.5, 0.6) is 5.88 Å². The van der Waals surface area contributed by atoms with E-state index in [1.54, 1.807) is 27.3 Å². The quantitative estimate of drug-likeness (QED) is 0.580. The number of carbonyl (C=O) groups is 2. The number of ether oxygens (including phenoxy) is 2. The highest BCUT2D eigenvalue weighted by Crippen LogP contribution is 2.23. The number of aromatic nitrogens is 2. The number of rotatable bonds is 6. The lowest BCUT2D eigenvalue weighted by Crippen LogP contribution is -2.26. The Morgan fingerprint density at radius 3 is 2.43 bits per heavy atom. The molecule has 0 aliphatic rings. The Hall–Kier alpha value is -1.67. The Kier molecular flexibility index (Phi) is 6.96. The molecule has 7 nitrogen and oxygen atoms in total. The number of nitrogens with zero attached hydrogens (tertiary/aromatic N) is 3. The number of Topliss-reactive ketones (excluding diaryl/α,β-unsaturated/α-hetero) is 1. The minimum absolute atomic E-state index is 0.0927. The van der Waals surface area contributed by atoms with Crippen molar-refractivity contribution in [3.63, 3.8) is 0 Å². The van der Waals surface area contributed by atoms with Gasteiger partial charge in [-0.25, -0.2) is 9.78 Å². The lowest BCUT2D eigenvalue weighted by Gasteiger charge is -2.16. The van der Waals surface area contributed by atoms with Crippen LogP contribution in [-0.2, 0) is 16.1 Å². The zero-order chi connectivity index (χ0) is 17.6. The highest BCUT2D eigenvalue weighted by atomic mass is 32.2. The summed E-state index contributed by atoms with van der Waals surface area (Å²) in [6.07, 6.45) is -0.534. The van der Waals surface area contributed by atoms with E-state index in [9.17, 15) is 9.59 Å². The maximum atomic E-state index is 12.0. The molecular weight excluding hydrogens is 318 g/mol. The molecule has 0 fully saturated rings. The van der Waals surface area contributed by atoms with Gasteiger partial charge in [0.15, 0.2) is 5.16 Å². The van der Waals surface area contributed by atoms with Crippen molar-refractivity contribution in [2.24, 2.45) is 5.41 Å². The van der Waals surface area contributed by atoms with Gasteiger partial charge < -0.3 is 14.4 Å². The summed E-state index contributed by atoms with van der Waals surface area (Å²) in [5.74, 6) is 0.479. The molecule has 1 rings (SSSR count). The summed E-state index contributed by atoms with van der Waals surface area (Å²) in [6, 6.07) is 1.54. The maximum Gasteiger partial charge on any atom is 0.416 e. The molecule has 0 radical (unpaired) electrons. The van der Waals surface area contributed by atoms with Gasteiger partial charge in [0.2, 0.25) is 5.88 Å². The third-order valence-electron chi connectivity index (χ3n) is 2.75. The summed E-state index contributed by atoms with van der Waals surface area (Å²) in [4.78, 5) is 33.4. The van der Waals surface area contributed by atoms with E-state index in [0.29, 0.717) is 10.9 Å². The second-order valence-electron chi connectivity index (χ2n) is 6.14. The van der Waals surface area contributed by atoms with E-state index in [1.165, 1.54) is 16.7 Å². The topological polar surface area (TPSA) is 81.6 Å². The van der Waals surface area contributed by atoms with E-state index in [2.05, 4.69) is 9.97 Å². The fourth-order valence-corrected chi connectivity index (χ4v) is 2.34. The summed E-state index contributed by atoms with van der Waals surface area (Å²) in [6.45, 7) is 5.85. The van der Waals surface area contributed by atoms with Crippen LogP contribution in [0.1, 0.15) is 26.5 Å². The van der Waals surface area contributed by atoms with Gasteiger partial charge in [0.05, 0.1) is 18.1 Å². The molecule has 0 atom stereocenters. The molecule has 1 aromatic rings. The molecule has 0 aliphatic carbocycles. The Morgan fingerprint density at radius 2 is 1.91 bits per heavy atom. The molecule has 0 aromatic carbocycles. The molecule has 8 heteroatoms. The van der Waals surface area contributed by atoms with Crippen LogP contribution in [0.15, 0.2) is 11.2 Å². The van der Waals surface area contributed by atoms with Gasteiger partial charge in [-0.15, -0.1) is 0 Å². The first-order chi connectivity index (χ1) is 10.6. The molecule has 128 valence electrons. The number of thioether (sulfide) groups is 1. The molecule has 0 N–H and O–H groups in total. The van der Waals surface area contributed by atoms with Gasteiger partial charge in [0, 0.05) is 32.7 Å². The number of carbonyl (C=O) groups excluding carboxylic acids is 2. The van der Waals surface area contributed by atoms with E-state index in [-0.39, 0.29) is 24.0 Å². The van der Waals surface area contributed by atoms with Gasteiger partial charge in [0.1, 0.15) is 5.78 Å². The van der Waals surface area contributed by atoms with Gasteiger partial charge in [0.25, 0.3) is 0 Å². The first-order valence-corrected chi connectivity index (χ1v) is 8.04. The van der Waals surface area contributed by atoms with Crippen LogP contribution in [0.4, 0.5) is 4.79 Å². The number of ketones is 1. The van der Waals surface area contributed by atoms with Crippen LogP contribution in [0, 0.1) is 5.41 Å². The SMILES string of the molecule is COCc1cc(OC(=O)N(C)C)nc(SCC(=O)C(C)(C)C)n1. The molecule has 0 aliphatic heterocycles. The lowest BCUT2D eigenvalue weighted by atomic mass is 9.92. The van der Waals surface area contributed by atoms with Crippen molar-refractivity contribution in [3.05, 3.63) is 11.8 Å². The summed E-state index contributed by atoms with van der Waals surface area (Å²) in [5.41, 5.74) is 0.159. The minimum Gasteiger partial charge on any atom is -0.391 e. The minimum atomic E-state index is -0.534. The average molecular weight is 341 g/mol. The van der Waals surface area contributed by atoms with E-state index < -0.39 is 11.5 Å². The van der Waals surface area contributed by atoms with Crippen LogP contribution >= 0.6 is 11.8 Å². The second-order valence-corrected chi connectivity index (χ2v) is 7.08. The van der Waals surface area contributed by atoms with Crippen molar-refractivity contribution < 1.29 is 19.1 Å². The Morgan fingerprint density at radius 1 is 1.26 bits per heavy atom. The molecule has 0 bridgehead atoms. The van der Waals surface area contributed by atoms with Gasteiger partial charge >= 0.3 is 6.09 Å². The zero-order valence-electron chi connectivity index (χ0n) is 14.4. The van der Waals surface area contributed by atoms with E-state index in [1.807, 2.05) is 20.8 Å². The smallest absolute Gasteiger partial charge is 0.391 e. The molecular formula is C15H23N3O4S.